The minimum atomic E-state index is 0.00684. The molecule has 4 nitrogen and oxygen atoms in total. The maximum absolute atomic E-state index is 12.6. The van der Waals surface area contributed by atoms with E-state index in [1.807, 2.05) is 65.4 Å². The summed E-state index contributed by atoms with van der Waals surface area (Å²) in [5.41, 5.74) is 4.50. The summed E-state index contributed by atoms with van der Waals surface area (Å²) >= 11 is 0. The van der Waals surface area contributed by atoms with Crippen molar-refractivity contribution in [2.45, 2.75) is 26.0 Å². The number of hydrogen-bond donors (Lipinski definition) is 1. The molecule has 0 aliphatic heterocycles. The van der Waals surface area contributed by atoms with Crippen LogP contribution in [0.15, 0.2) is 97.7 Å². The van der Waals surface area contributed by atoms with Crippen molar-refractivity contribution >= 4 is 16.8 Å². The summed E-state index contributed by atoms with van der Waals surface area (Å²) in [5, 5.41) is 4.12. The second kappa shape index (κ2) is 10.5. The van der Waals surface area contributed by atoms with Crippen molar-refractivity contribution in [1.82, 2.24) is 9.88 Å². The van der Waals surface area contributed by atoms with Crippen LogP contribution in [-0.2, 0) is 30.8 Å². The first-order valence-corrected chi connectivity index (χ1v) is 10.9. The van der Waals surface area contributed by atoms with Crippen LogP contribution in [0.5, 0.6) is 5.75 Å². The average Bonchev–Trinajstić information content (AvgIpc) is 3.15. The molecular weight excluding hydrogens is 396 g/mol. The largest absolute Gasteiger partial charge is 0.489 e. The van der Waals surface area contributed by atoms with Crippen LogP contribution >= 0.6 is 0 Å². The van der Waals surface area contributed by atoms with Crippen LogP contribution in [0.3, 0.4) is 0 Å². The van der Waals surface area contributed by atoms with Crippen LogP contribution in [0.2, 0.25) is 0 Å². The molecule has 0 saturated carbocycles. The van der Waals surface area contributed by atoms with Crippen LogP contribution in [0.4, 0.5) is 0 Å². The van der Waals surface area contributed by atoms with Gasteiger partial charge in [0.1, 0.15) is 18.9 Å². The van der Waals surface area contributed by atoms with E-state index in [-0.39, 0.29) is 12.5 Å². The molecule has 162 valence electrons. The van der Waals surface area contributed by atoms with E-state index in [2.05, 4.69) is 42.2 Å². The fraction of sp³-hybridized carbons (Fsp3) is 0.179. The molecule has 0 saturated heterocycles. The van der Waals surface area contributed by atoms with E-state index in [9.17, 15) is 4.79 Å². The molecule has 1 N–H and O–H groups in total. The zero-order valence-electron chi connectivity index (χ0n) is 18.2. The van der Waals surface area contributed by atoms with Gasteiger partial charge in [0.25, 0.3) is 0 Å². The number of nitrogens with one attached hydrogen (secondary N) is 1. The lowest BCUT2D eigenvalue weighted by atomic mass is 10.1. The molecule has 1 heterocycles. The smallest absolute Gasteiger partial charge is 0.239 e. The third-order valence-electron chi connectivity index (χ3n) is 5.44. The first-order valence-electron chi connectivity index (χ1n) is 10.9. The first-order chi connectivity index (χ1) is 15.7. The Morgan fingerprint density at radius 3 is 2.41 bits per heavy atom. The minimum Gasteiger partial charge on any atom is -0.489 e. The van der Waals surface area contributed by atoms with E-state index in [1.54, 1.807) is 0 Å². The predicted octanol–water partition coefficient (Wildman–Crippen LogP) is 5.31. The lowest BCUT2D eigenvalue weighted by molar-refractivity contribution is -0.121. The van der Waals surface area contributed by atoms with Gasteiger partial charge < -0.3 is 14.6 Å². The van der Waals surface area contributed by atoms with Gasteiger partial charge in [0.2, 0.25) is 5.91 Å². The summed E-state index contributed by atoms with van der Waals surface area (Å²) in [4.78, 5) is 12.6. The third kappa shape index (κ3) is 5.46. The quantitative estimate of drug-likeness (QED) is 0.351. The van der Waals surface area contributed by atoms with E-state index < -0.39 is 0 Å². The molecule has 0 bridgehead atoms. The number of aromatic nitrogens is 1. The summed E-state index contributed by atoms with van der Waals surface area (Å²) in [6, 6.07) is 26.3. The number of amides is 1. The average molecular weight is 425 g/mol. The molecule has 0 radical (unpaired) electrons. The van der Waals surface area contributed by atoms with Crippen LogP contribution in [0.1, 0.15) is 16.7 Å². The van der Waals surface area contributed by atoms with Crippen molar-refractivity contribution in [3.8, 4) is 5.75 Å². The molecule has 4 aromatic rings. The molecule has 1 aromatic heterocycles. The number of rotatable bonds is 10. The van der Waals surface area contributed by atoms with Crippen LogP contribution < -0.4 is 10.1 Å². The van der Waals surface area contributed by atoms with Gasteiger partial charge in [-0.25, -0.2) is 0 Å². The van der Waals surface area contributed by atoms with Gasteiger partial charge in [-0.15, -0.1) is 6.58 Å². The van der Waals surface area contributed by atoms with Gasteiger partial charge in [-0.2, -0.15) is 0 Å². The van der Waals surface area contributed by atoms with Gasteiger partial charge in [-0.05, 0) is 47.7 Å². The molecule has 0 aliphatic carbocycles. The van der Waals surface area contributed by atoms with Crippen molar-refractivity contribution in [3.63, 3.8) is 0 Å². The predicted molar refractivity (Wildman–Crippen MR) is 130 cm³/mol. The van der Waals surface area contributed by atoms with Gasteiger partial charge in [0.15, 0.2) is 0 Å². The molecule has 3 aromatic carbocycles. The number of carbonyl (C=O) groups excluding carboxylic acids is 1. The van der Waals surface area contributed by atoms with Crippen LogP contribution in [0.25, 0.3) is 10.9 Å². The zero-order chi connectivity index (χ0) is 22.2. The summed E-state index contributed by atoms with van der Waals surface area (Å²) in [6.45, 7) is 5.31. The SMILES string of the molecule is C=CCc1cn(CC(=O)NCCc2ccccc2)c2ccc(OCc3ccccc3)cc12. The number of hydrogen-bond acceptors (Lipinski definition) is 2. The van der Waals surface area contributed by atoms with Gasteiger partial charge in [0.05, 0.1) is 0 Å². The second-order valence-corrected chi connectivity index (χ2v) is 7.81. The molecule has 32 heavy (non-hydrogen) atoms. The van der Waals surface area contributed by atoms with Crippen molar-refractivity contribution < 1.29 is 9.53 Å². The molecule has 0 fully saturated rings. The summed E-state index contributed by atoms with van der Waals surface area (Å²) in [6.07, 6.45) is 5.49. The van der Waals surface area contributed by atoms with E-state index in [0.717, 1.165) is 40.6 Å². The van der Waals surface area contributed by atoms with E-state index in [1.165, 1.54) is 5.56 Å². The van der Waals surface area contributed by atoms with Gasteiger partial charge in [0, 0.05) is 23.6 Å². The second-order valence-electron chi connectivity index (χ2n) is 7.81. The fourth-order valence-corrected chi connectivity index (χ4v) is 3.83. The topological polar surface area (TPSA) is 43.3 Å². The standard InChI is InChI=1S/C28H28N2O2/c1-2-9-24-19-30(20-28(31)29-17-16-22-10-5-3-6-11-22)27-15-14-25(18-26(24)27)32-21-23-12-7-4-8-13-23/h2-8,10-15,18-19H,1,9,16-17,20-21H2,(H,29,31). The molecular formula is C28H28N2O2. The number of ether oxygens (including phenoxy) is 1. The summed E-state index contributed by atoms with van der Waals surface area (Å²) in [5.74, 6) is 0.823. The van der Waals surface area contributed by atoms with Crippen molar-refractivity contribution in [3.05, 3.63) is 114 Å². The van der Waals surface area contributed by atoms with Gasteiger partial charge in [-0.1, -0.05) is 66.7 Å². The lowest BCUT2D eigenvalue weighted by Crippen LogP contribution is -2.29. The number of benzene rings is 3. The normalized spacial score (nSPS) is 10.8. The van der Waals surface area contributed by atoms with E-state index >= 15 is 0 Å². The highest BCUT2D eigenvalue weighted by Crippen LogP contribution is 2.27. The highest BCUT2D eigenvalue weighted by molar-refractivity contribution is 5.87. The molecule has 4 heteroatoms. The molecule has 0 atom stereocenters. The first kappa shape index (κ1) is 21.4. The Labute approximate surface area is 189 Å². The van der Waals surface area contributed by atoms with Gasteiger partial charge in [-0.3, -0.25) is 4.79 Å². The Balaban J connectivity index is 1.44. The van der Waals surface area contributed by atoms with Crippen LogP contribution in [-0.4, -0.2) is 17.0 Å². The lowest BCUT2D eigenvalue weighted by Gasteiger charge is -2.09. The Bertz CT molecular complexity index is 1180. The Hall–Kier alpha value is -3.79. The monoisotopic (exact) mass is 424 g/mol. The van der Waals surface area contributed by atoms with Crippen molar-refractivity contribution in [1.29, 1.82) is 0 Å². The fourth-order valence-electron chi connectivity index (χ4n) is 3.83. The Morgan fingerprint density at radius 1 is 0.969 bits per heavy atom. The van der Waals surface area contributed by atoms with Crippen molar-refractivity contribution in [2.75, 3.05) is 6.54 Å². The third-order valence-corrected chi connectivity index (χ3v) is 5.44. The number of carbonyl (C=O) groups is 1. The summed E-state index contributed by atoms with van der Waals surface area (Å²) < 4.78 is 8.01. The molecule has 1 amide bonds. The van der Waals surface area contributed by atoms with Gasteiger partial charge >= 0.3 is 0 Å². The van der Waals surface area contributed by atoms with Crippen LogP contribution in [0, 0.1) is 0 Å². The molecule has 0 aliphatic rings. The Kier molecular flexibility index (Phi) is 7.03. The highest BCUT2D eigenvalue weighted by atomic mass is 16.5. The Morgan fingerprint density at radius 2 is 1.69 bits per heavy atom. The van der Waals surface area contributed by atoms with E-state index in [4.69, 9.17) is 4.74 Å². The number of allylic oxidation sites excluding steroid dienone is 1. The molecule has 4 rings (SSSR count). The minimum absolute atomic E-state index is 0.00684. The summed E-state index contributed by atoms with van der Waals surface area (Å²) in [7, 11) is 0. The number of fused-ring (bicyclic) bond motifs is 1. The zero-order valence-corrected chi connectivity index (χ0v) is 18.2. The van der Waals surface area contributed by atoms with E-state index in [0.29, 0.717) is 13.2 Å². The number of nitrogens with zero attached hydrogens (tertiary/aromatic N) is 1. The highest BCUT2D eigenvalue weighted by Gasteiger charge is 2.12. The van der Waals surface area contributed by atoms with Crippen molar-refractivity contribution in [2.24, 2.45) is 0 Å². The maximum Gasteiger partial charge on any atom is 0.239 e. The molecule has 0 unspecified atom stereocenters. The maximum atomic E-state index is 12.6. The molecule has 0 spiro atoms.